The number of rotatable bonds is 7. The number of nitrogens with zero attached hydrogens (tertiary/aromatic N) is 1. The molecule has 2 rings (SSSR count). The summed E-state index contributed by atoms with van der Waals surface area (Å²) in [4.78, 5) is 14.5. The van der Waals surface area contributed by atoms with Gasteiger partial charge in [0, 0.05) is 18.6 Å². The van der Waals surface area contributed by atoms with Crippen LogP contribution in [0.1, 0.15) is 52.4 Å². The van der Waals surface area contributed by atoms with E-state index in [1.165, 1.54) is 38.6 Å². The minimum Gasteiger partial charge on any atom is -0.465 e. The summed E-state index contributed by atoms with van der Waals surface area (Å²) in [5.41, 5.74) is 0. The molecular weight excluding hydrogens is 240 g/mol. The first-order valence-electron chi connectivity index (χ1n) is 7.87. The van der Waals surface area contributed by atoms with Gasteiger partial charge >= 0.3 is 5.97 Å². The highest BCUT2D eigenvalue weighted by atomic mass is 16.5. The van der Waals surface area contributed by atoms with Gasteiger partial charge in [-0.3, -0.25) is 4.79 Å². The van der Waals surface area contributed by atoms with Crippen LogP contribution in [0.2, 0.25) is 0 Å². The fourth-order valence-corrected chi connectivity index (χ4v) is 2.83. The Bertz CT molecular complexity index is 292. The molecule has 0 amide bonds. The molecule has 0 aromatic rings. The number of hydrogen-bond donors (Lipinski definition) is 1. The molecule has 0 radical (unpaired) electrons. The predicted octanol–water partition coefficient (Wildman–Crippen LogP) is 1.93. The van der Waals surface area contributed by atoms with Crippen molar-refractivity contribution in [1.29, 1.82) is 0 Å². The van der Waals surface area contributed by atoms with Gasteiger partial charge in [-0.25, -0.2) is 0 Å². The first-order chi connectivity index (χ1) is 9.20. The minimum atomic E-state index is -0.110. The monoisotopic (exact) mass is 268 g/mol. The van der Waals surface area contributed by atoms with Crippen LogP contribution in [0.5, 0.6) is 0 Å². The molecule has 2 aliphatic rings. The molecule has 2 fully saturated rings. The van der Waals surface area contributed by atoms with Gasteiger partial charge in [0.25, 0.3) is 0 Å². The lowest BCUT2D eigenvalue weighted by Gasteiger charge is -2.34. The van der Waals surface area contributed by atoms with Gasteiger partial charge in [0.2, 0.25) is 0 Å². The number of carbonyl (C=O) groups excluding carboxylic acids is 1. The van der Waals surface area contributed by atoms with Crippen LogP contribution in [0.15, 0.2) is 0 Å². The number of ether oxygens (including phenoxy) is 1. The molecule has 1 aliphatic heterocycles. The van der Waals surface area contributed by atoms with Crippen LogP contribution in [0.25, 0.3) is 0 Å². The minimum absolute atomic E-state index is 0.0703. The standard InChI is InChI=1S/C15H28N2O2/c1-3-19-15(18)14(16-13-7-8-13)9-11-17-10-5-4-6-12(17)2/h12-14,16H,3-11H2,1-2H3. The van der Waals surface area contributed by atoms with Gasteiger partial charge in [0.1, 0.15) is 6.04 Å². The third kappa shape index (κ3) is 4.77. The molecule has 0 spiro atoms. The molecule has 0 aromatic heterocycles. The lowest BCUT2D eigenvalue weighted by Crippen LogP contribution is -2.44. The van der Waals surface area contributed by atoms with Crippen molar-refractivity contribution in [1.82, 2.24) is 10.2 Å². The van der Waals surface area contributed by atoms with Crippen molar-refractivity contribution in [3.05, 3.63) is 0 Å². The van der Waals surface area contributed by atoms with Crippen LogP contribution in [-0.4, -0.2) is 48.7 Å². The van der Waals surface area contributed by atoms with E-state index in [9.17, 15) is 4.79 Å². The zero-order valence-corrected chi connectivity index (χ0v) is 12.4. The second kappa shape index (κ2) is 7.25. The molecular formula is C15H28N2O2. The van der Waals surface area contributed by atoms with E-state index in [1.807, 2.05) is 6.92 Å². The van der Waals surface area contributed by atoms with Crippen molar-refractivity contribution in [2.24, 2.45) is 0 Å². The van der Waals surface area contributed by atoms with Crippen molar-refractivity contribution in [3.63, 3.8) is 0 Å². The topological polar surface area (TPSA) is 41.6 Å². The largest absolute Gasteiger partial charge is 0.465 e. The van der Waals surface area contributed by atoms with Crippen molar-refractivity contribution < 1.29 is 9.53 Å². The Balaban J connectivity index is 1.78. The van der Waals surface area contributed by atoms with Gasteiger partial charge in [-0.15, -0.1) is 0 Å². The number of piperidine rings is 1. The van der Waals surface area contributed by atoms with Gasteiger partial charge in [-0.2, -0.15) is 0 Å². The number of hydrogen-bond acceptors (Lipinski definition) is 4. The summed E-state index contributed by atoms with van der Waals surface area (Å²) >= 11 is 0. The van der Waals surface area contributed by atoms with Gasteiger partial charge in [0.15, 0.2) is 0 Å². The SMILES string of the molecule is CCOC(=O)C(CCN1CCCCC1C)NC1CC1. The Hall–Kier alpha value is -0.610. The first kappa shape index (κ1) is 14.8. The van der Waals surface area contributed by atoms with Crippen molar-refractivity contribution in [2.75, 3.05) is 19.7 Å². The average molecular weight is 268 g/mol. The second-order valence-electron chi connectivity index (χ2n) is 5.92. The zero-order chi connectivity index (χ0) is 13.7. The van der Waals surface area contributed by atoms with Gasteiger partial charge in [-0.05, 0) is 52.5 Å². The van der Waals surface area contributed by atoms with Crippen LogP contribution < -0.4 is 5.32 Å². The fraction of sp³-hybridized carbons (Fsp3) is 0.933. The molecule has 1 N–H and O–H groups in total. The number of carbonyl (C=O) groups is 1. The summed E-state index contributed by atoms with van der Waals surface area (Å²) in [6.45, 7) is 6.83. The maximum absolute atomic E-state index is 12.0. The van der Waals surface area contributed by atoms with Gasteiger partial charge in [-0.1, -0.05) is 6.42 Å². The van der Waals surface area contributed by atoms with E-state index < -0.39 is 0 Å². The Morgan fingerprint density at radius 3 is 2.79 bits per heavy atom. The number of nitrogens with one attached hydrogen (secondary N) is 1. The molecule has 4 heteroatoms. The van der Waals surface area contributed by atoms with Crippen LogP contribution in [0.3, 0.4) is 0 Å². The Labute approximate surface area is 116 Å². The molecule has 0 aromatic carbocycles. The van der Waals surface area contributed by atoms with E-state index in [4.69, 9.17) is 4.74 Å². The van der Waals surface area contributed by atoms with Crippen LogP contribution in [-0.2, 0) is 9.53 Å². The van der Waals surface area contributed by atoms with E-state index in [1.54, 1.807) is 0 Å². The third-order valence-electron chi connectivity index (χ3n) is 4.23. The van der Waals surface area contributed by atoms with Crippen molar-refractivity contribution in [3.8, 4) is 0 Å². The highest BCUT2D eigenvalue weighted by molar-refractivity contribution is 5.75. The molecule has 4 nitrogen and oxygen atoms in total. The van der Waals surface area contributed by atoms with E-state index >= 15 is 0 Å². The van der Waals surface area contributed by atoms with Gasteiger partial charge < -0.3 is 15.0 Å². The van der Waals surface area contributed by atoms with E-state index in [0.29, 0.717) is 18.7 Å². The van der Waals surface area contributed by atoms with E-state index in [2.05, 4.69) is 17.1 Å². The molecule has 1 saturated carbocycles. The zero-order valence-electron chi connectivity index (χ0n) is 12.4. The Morgan fingerprint density at radius 1 is 1.37 bits per heavy atom. The fourth-order valence-electron chi connectivity index (χ4n) is 2.83. The maximum Gasteiger partial charge on any atom is 0.323 e. The van der Waals surface area contributed by atoms with E-state index in [-0.39, 0.29) is 12.0 Å². The Kier molecular flexibility index (Phi) is 5.64. The molecule has 1 aliphatic carbocycles. The van der Waals surface area contributed by atoms with Crippen LogP contribution in [0.4, 0.5) is 0 Å². The number of likely N-dealkylation sites (tertiary alicyclic amines) is 1. The average Bonchev–Trinajstić information content (AvgIpc) is 3.20. The van der Waals surface area contributed by atoms with Gasteiger partial charge in [0.05, 0.1) is 6.61 Å². The first-order valence-corrected chi connectivity index (χ1v) is 7.87. The molecule has 1 saturated heterocycles. The molecule has 1 heterocycles. The van der Waals surface area contributed by atoms with Crippen LogP contribution in [0, 0.1) is 0 Å². The molecule has 19 heavy (non-hydrogen) atoms. The molecule has 110 valence electrons. The summed E-state index contributed by atoms with van der Waals surface area (Å²) in [6.07, 6.45) is 7.22. The molecule has 0 bridgehead atoms. The molecule has 2 unspecified atom stereocenters. The highest BCUT2D eigenvalue weighted by Gasteiger charge is 2.30. The lowest BCUT2D eigenvalue weighted by molar-refractivity contribution is -0.146. The summed E-state index contributed by atoms with van der Waals surface area (Å²) < 4.78 is 5.18. The predicted molar refractivity (Wildman–Crippen MR) is 76.1 cm³/mol. The van der Waals surface area contributed by atoms with Crippen molar-refractivity contribution >= 4 is 5.97 Å². The third-order valence-corrected chi connectivity index (χ3v) is 4.23. The normalized spacial score (nSPS) is 26.1. The summed E-state index contributed by atoms with van der Waals surface area (Å²) in [7, 11) is 0. The quantitative estimate of drug-likeness (QED) is 0.716. The number of esters is 1. The second-order valence-corrected chi connectivity index (χ2v) is 5.92. The summed E-state index contributed by atoms with van der Waals surface area (Å²) in [5, 5.41) is 3.43. The van der Waals surface area contributed by atoms with E-state index in [0.717, 1.165) is 13.0 Å². The molecule has 2 atom stereocenters. The van der Waals surface area contributed by atoms with Crippen LogP contribution >= 0.6 is 0 Å². The Morgan fingerprint density at radius 2 is 2.16 bits per heavy atom. The summed E-state index contributed by atoms with van der Waals surface area (Å²) in [5.74, 6) is -0.0703. The lowest BCUT2D eigenvalue weighted by atomic mass is 10.0. The van der Waals surface area contributed by atoms with Crippen molar-refractivity contribution in [2.45, 2.75) is 70.5 Å². The summed E-state index contributed by atoms with van der Waals surface area (Å²) in [6, 6.07) is 1.10. The highest BCUT2D eigenvalue weighted by Crippen LogP contribution is 2.21. The smallest absolute Gasteiger partial charge is 0.323 e. The maximum atomic E-state index is 12.0.